The normalized spacial score (nSPS) is 18.7. The second-order valence-corrected chi connectivity index (χ2v) is 7.97. The first-order valence-corrected chi connectivity index (χ1v) is 10.4. The Bertz CT molecular complexity index is 797. The van der Waals surface area contributed by atoms with Crippen molar-refractivity contribution in [1.29, 1.82) is 0 Å². The first kappa shape index (κ1) is 22.0. The molecule has 3 rings (SSSR count). The van der Waals surface area contributed by atoms with Gasteiger partial charge in [0.2, 0.25) is 11.7 Å². The largest absolute Gasteiger partial charge is 0.502 e. The van der Waals surface area contributed by atoms with Crippen molar-refractivity contribution in [2.24, 2.45) is 5.92 Å². The number of nitrogens with one attached hydrogen (secondary N) is 2. The molecular formula is C22H33N5O3. The number of nitrogens with zero attached hydrogens (tertiary/aromatic N) is 3. The van der Waals surface area contributed by atoms with Gasteiger partial charge in [0, 0.05) is 32.9 Å². The van der Waals surface area contributed by atoms with E-state index in [4.69, 9.17) is 9.47 Å². The number of phenols is 1. The summed E-state index contributed by atoms with van der Waals surface area (Å²) < 4.78 is 10.5. The van der Waals surface area contributed by atoms with Gasteiger partial charge in [-0.1, -0.05) is 0 Å². The lowest BCUT2D eigenvalue weighted by Crippen LogP contribution is -2.31. The van der Waals surface area contributed by atoms with Crippen LogP contribution in [0.1, 0.15) is 31.2 Å². The van der Waals surface area contributed by atoms with E-state index in [2.05, 4.69) is 20.6 Å². The van der Waals surface area contributed by atoms with Crippen LogP contribution < -0.4 is 25.0 Å². The highest BCUT2D eigenvalue weighted by atomic mass is 16.5. The molecule has 30 heavy (non-hydrogen) atoms. The van der Waals surface area contributed by atoms with Gasteiger partial charge in [-0.25, -0.2) is 4.98 Å². The second-order valence-electron chi connectivity index (χ2n) is 7.97. The summed E-state index contributed by atoms with van der Waals surface area (Å²) in [6.45, 7) is 1.67. The maximum atomic E-state index is 10.0. The minimum absolute atomic E-state index is 0.0367. The Morgan fingerprint density at radius 2 is 1.77 bits per heavy atom. The molecule has 0 saturated heterocycles. The van der Waals surface area contributed by atoms with E-state index in [9.17, 15) is 5.11 Å². The summed E-state index contributed by atoms with van der Waals surface area (Å²) in [4.78, 5) is 10.9. The average Bonchev–Trinajstić information content (AvgIpc) is 2.76. The lowest BCUT2D eigenvalue weighted by atomic mass is 9.86. The summed E-state index contributed by atoms with van der Waals surface area (Å²) in [5.74, 6) is 3.16. The molecule has 1 heterocycles. The van der Waals surface area contributed by atoms with Crippen molar-refractivity contribution in [1.82, 2.24) is 15.3 Å². The fourth-order valence-electron chi connectivity index (χ4n) is 3.83. The summed E-state index contributed by atoms with van der Waals surface area (Å²) in [6.07, 6.45) is 6.36. The van der Waals surface area contributed by atoms with Crippen molar-refractivity contribution in [3.8, 4) is 17.2 Å². The van der Waals surface area contributed by atoms with Gasteiger partial charge in [0.1, 0.15) is 5.82 Å². The number of anilines is 2. The topological polar surface area (TPSA) is 91.8 Å². The van der Waals surface area contributed by atoms with Crippen LogP contribution in [-0.4, -0.2) is 56.0 Å². The number of aromatic hydroxyl groups is 1. The zero-order valence-electron chi connectivity index (χ0n) is 18.3. The van der Waals surface area contributed by atoms with Gasteiger partial charge in [-0.2, -0.15) is 4.98 Å². The SMILES string of the molecule is COc1cc(CNC[C@H]2CC[C@@H](Nc3nccc(N(C)C)n3)CC2)cc(OC)c1O. The number of rotatable bonds is 9. The van der Waals surface area contributed by atoms with Crippen molar-refractivity contribution in [3.63, 3.8) is 0 Å². The Kier molecular flexibility index (Phi) is 7.57. The fourth-order valence-corrected chi connectivity index (χ4v) is 3.83. The van der Waals surface area contributed by atoms with Gasteiger partial charge in [0.15, 0.2) is 11.5 Å². The van der Waals surface area contributed by atoms with Crippen LogP contribution in [0.25, 0.3) is 0 Å². The van der Waals surface area contributed by atoms with Gasteiger partial charge in [-0.15, -0.1) is 0 Å². The van der Waals surface area contributed by atoms with Crippen molar-refractivity contribution < 1.29 is 14.6 Å². The van der Waals surface area contributed by atoms with Crippen LogP contribution in [0.15, 0.2) is 24.4 Å². The lowest BCUT2D eigenvalue weighted by molar-refractivity contribution is 0.322. The average molecular weight is 416 g/mol. The quantitative estimate of drug-likeness (QED) is 0.576. The molecule has 1 saturated carbocycles. The number of benzene rings is 1. The van der Waals surface area contributed by atoms with Crippen LogP contribution >= 0.6 is 0 Å². The molecule has 1 fully saturated rings. The smallest absolute Gasteiger partial charge is 0.224 e. The standard InChI is InChI=1S/C22H33N5O3/c1-27(2)20-9-10-24-22(26-20)25-17-7-5-15(6-8-17)13-23-14-16-11-18(29-3)21(28)19(12-16)30-4/h9-12,15,17,23,28H,5-8,13-14H2,1-4H3,(H,24,25,26)/t15-,17+. The number of hydrogen-bond acceptors (Lipinski definition) is 8. The maximum absolute atomic E-state index is 10.0. The van der Waals surface area contributed by atoms with E-state index < -0.39 is 0 Å². The summed E-state index contributed by atoms with van der Waals surface area (Å²) in [5.41, 5.74) is 1.02. The molecular weight excluding hydrogens is 382 g/mol. The molecule has 0 aliphatic heterocycles. The molecule has 0 amide bonds. The number of hydrogen-bond donors (Lipinski definition) is 3. The van der Waals surface area contributed by atoms with Crippen molar-refractivity contribution in [3.05, 3.63) is 30.0 Å². The third-order valence-electron chi connectivity index (χ3n) is 5.58. The van der Waals surface area contributed by atoms with Gasteiger partial charge in [0.05, 0.1) is 14.2 Å². The molecule has 8 nitrogen and oxygen atoms in total. The van der Waals surface area contributed by atoms with E-state index in [1.165, 1.54) is 12.8 Å². The molecule has 8 heteroatoms. The number of aromatic nitrogens is 2. The second kappa shape index (κ2) is 10.3. The highest BCUT2D eigenvalue weighted by molar-refractivity contribution is 5.52. The number of methoxy groups -OCH3 is 2. The first-order chi connectivity index (χ1) is 14.5. The molecule has 1 aliphatic carbocycles. The summed E-state index contributed by atoms with van der Waals surface area (Å²) in [7, 11) is 7.04. The lowest BCUT2D eigenvalue weighted by Gasteiger charge is -2.29. The Hall–Kier alpha value is -2.74. The van der Waals surface area contributed by atoms with Gasteiger partial charge in [0.25, 0.3) is 0 Å². The molecule has 2 aromatic rings. The van der Waals surface area contributed by atoms with Crippen LogP contribution in [0, 0.1) is 5.92 Å². The highest BCUT2D eigenvalue weighted by Crippen LogP contribution is 2.37. The molecule has 1 aromatic carbocycles. The van der Waals surface area contributed by atoms with Crippen LogP contribution in [0.4, 0.5) is 11.8 Å². The maximum Gasteiger partial charge on any atom is 0.224 e. The fraction of sp³-hybridized carbons (Fsp3) is 0.545. The minimum Gasteiger partial charge on any atom is -0.502 e. The molecule has 0 radical (unpaired) electrons. The van der Waals surface area contributed by atoms with Gasteiger partial charge >= 0.3 is 0 Å². The Morgan fingerprint density at radius 1 is 1.10 bits per heavy atom. The van der Waals surface area contributed by atoms with Crippen LogP contribution in [0.5, 0.6) is 17.2 Å². The van der Waals surface area contributed by atoms with E-state index in [0.29, 0.717) is 36.0 Å². The predicted octanol–water partition coefficient (Wildman–Crippen LogP) is 3.03. The highest BCUT2D eigenvalue weighted by Gasteiger charge is 2.21. The number of ether oxygens (including phenoxy) is 2. The molecule has 0 bridgehead atoms. The van der Waals surface area contributed by atoms with Crippen LogP contribution in [0.2, 0.25) is 0 Å². The van der Waals surface area contributed by atoms with Crippen molar-refractivity contribution in [2.75, 3.05) is 45.1 Å². The molecule has 0 spiro atoms. The summed E-state index contributed by atoms with van der Waals surface area (Å²) in [6, 6.07) is 6.01. The summed E-state index contributed by atoms with van der Waals surface area (Å²) in [5, 5.41) is 17.1. The first-order valence-electron chi connectivity index (χ1n) is 10.4. The van der Waals surface area contributed by atoms with Crippen LogP contribution in [0.3, 0.4) is 0 Å². The molecule has 1 aliphatic rings. The molecule has 0 unspecified atom stereocenters. The van der Waals surface area contributed by atoms with E-state index in [1.807, 2.05) is 37.2 Å². The zero-order chi connectivity index (χ0) is 21.5. The van der Waals surface area contributed by atoms with Gasteiger partial charge in [-0.05, 0) is 61.9 Å². The molecule has 1 aromatic heterocycles. The van der Waals surface area contributed by atoms with E-state index in [0.717, 1.165) is 30.8 Å². The minimum atomic E-state index is 0.0367. The molecule has 3 N–H and O–H groups in total. The third-order valence-corrected chi connectivity index (χ3v) is 5.58. The van der Waals surface area contributed by atoms with Crippen LogP contribution in [-0.2, 0) is 6.54 Å². The van der Waals surface area contributed by atoms with Gasteiger partial charge in [-0.3, -0.25) is 0 Å². The number of phenolic OH excluding ortho intramolecular Hbond substituents is 1. The third kappa shape index (κ3) is 5.66. The summed E-state index contributed by atoms with van der Waals surface area (Å²) >= 11 is 0. The van der Waals surface area contributed by atoms with Crippen molar-refractivity contribution in [2.45, 2.75) is 38.3 Å². The zero-order valence-corrected chi connectivity index (χ0v) is 18.3. The van der Waals surface area contributed by atoms with E-state index >= 15 is 0 Å². The Labute approximate surface area is 178 Å². The monoisotopic (exact) mass is 415 g/mol. The predicted molar refractivity (Wildman–Crippen MR) is 119 cm³/mol. The molecule has 0 atom stereocenters. The Balaban J connectivity index is 1.44. The molecule has 164 valence electrons. The van der Waals surface area contributed by atoms with Crippen molar-refractivity contribution >= 4 is 11.8 Å². The van der Waals surface area contributed by atoms with Gasteiger partial charge < -0.3 is 30.1 Å². The Morgan fingerprint density at radius 3 is 2.37 bits per heavy atom. The van der Waals surface area contributed by atoms with E-state index in [1.54, 1.807) is 20.4 Å². The van der Waals surface area contributed by atoms with E-state index in [-0.39, 0.29) is 5.75 Å².